The number of carbonyl (C=O) groups excluding carboxylic acids is 1. The van der Waals surface area contributed by atoms with Crippen LogP contribution in [0.1, 0.15) is 31.4 Å². The topological polar surface area (TPSA) is 72.5 Å². The Kier molecular flexibility index (Phi) is 5.92. The first kappa shape index (κ1) is 17.7. The first-order chi connectivity index (χ1) is 9.67. The van der Waals surface area contributed by atoms with Crippen LogP contribution >= 0.6 is 0 Å². The first-order valence-corrected chi connectivity index (χ1v) is 8.33. The van der Waals surface area contributed by atoms with Gasteiger partial charge in [-0.25, -0.2) is 8.42 Å². The highest BCUT2D eigenvalue weighted by molar-refractivity contribution is 7.89. The van der Waals surface area contributed by atoms with E-state index in [0.29, 0.717) is 12.0 Å². The number of aryl methyl sites for hydroxylation is 2. The molecule has 0 radical (unpaired) electrons. The van der Waals surface area contributed by atoms with Gasteiger partial charge in [-0.1, -0.05) is 26.0 Å². The van der Waals surface area contributed by atoms with Crippen molar-refractivity contribution in [2.24, 2.45) is 5.92 Å². The summed E-state index contributed by atoms with van der Waals surface area (Å²) in [5.74, 6) is -0.409. The molecule has 0 aliphatic rings. The number of sulfonamides is 1. The molecule has 0 aliphatic carbocycles. The number of carbonyl (C=O) groups is 1. The van der Waals surface area contributed by atoms with Crippen molar-refractivity contribution in [1.29, 1.82) is 0 Å². The Bertz CT molecular complexity index is 608. The molecule has 0 spiro atoms. The van der Waals surface area contributed by atoms with Crippen LogP contribution in [0.5, 0.6) is 0 Å². The summed E-state index contributed by atoms with van der Waals surface area (Å²) >= 11 is 0. The Morgan fingerprint density at radius 1 is 1.29 bits per heavy atom. The normalized spacial score (nSPS) is 13.2. The number of hydrogen-bond acceptors (Lipinski definition) is 4. The van der Waals surface area contributed by atoms with E-state index in [1.54, 1.807) is 19.1 Å². The maximum atomic E-state index is 12.5. The van der Waals surface area contributed by atoms with Crippen molar-refractivity contribution >= 4 is 16.0 Å². The monoisotopic (exact) mass is 313 g/mol. The van der Waals surface area contributed by atoms with E-state index in [1.165, 1.54) is 7.11 Å². The minimum absolute atomic E-state index is 0.162. The van der Waals surface area contributed by atoms with Crippen LogP contribution in [-0.4, -0.2) is 27.5 Å². The molecule has 1 aromatic rings. The van der Waals surface area contributed by atoms with E-state index in [1.807, 2.05) is 26.8 Å². The van der Waals surface area contributed by atoms with Gasteiger partial charge < -0.3 is 4.74 Å². The minimum atomic E-state index is -3.76. The van der Waals surface area contributed by atoms with E-state index in [4.69, 9.17) is 0 Å². The molecule has 5 nitrogen and oxygen atoms in total. The molecule has 1 rings (SSSR count). The number of benzene rings is 1. The van der Waals surface area contributed by atoms with Crippen LogP contribution < -0.4 is 4.72 Å². The van der Waals surface area contributed by atoms with Gasteiger partial charge >= 0.3 is 5.97 Å². The van der Waals surface area contributed by atoms with E-state index in [-0.39, 0.29) is 10.8 Å². The van der Waals surface area contributed by atoms with E-state index < -0.39 is 22.0 Å². The van der Waals surface area contributed by atoms with Crippen LogP contribution in [0.4, 0.5) is 0 Å². The molecule has 0 bridgehead atoms. The lowest BCUT2D eigenvalue weighted by atomic mass is 10.1. The zero-order valence-electron chi connectivity index (χ0n) is 13.1. The third-order valence-electron chi connectivity index (χ3n) is 3.12. The van der Waals surface area contributed by atoms with Crippen molar-refractivity contribution in [2.75, 3.05) is 7.11 Å². The lowest BCUT2D eigenvalue weighted by molar-refractivity contribution is -0.143. The molecule has 0 aromatic heterocycles. The van der Waals surface area contributed by atoms with Gasteiger partial charge in [0.15, 0.2) is 0 Å². The maximum Gasteiger partial charge on any atom is 0.323 e. The van der Waals surface area contributed by atoms with Gasteiger partial charge in [-0.05, 0) is 43.4 Å². The van der Waals surface area contributed by atoms with Crippen molar-refractivity contribution in [3.8, 4) is 0 Å². The summed E-state index contributed by atoms with van der Waals surface area (Å²) in [6.07, 6.45) is 0.386. The molecule has 0 heterocycles. The van der Waals surface area contributed by atoms with Crippen LogP contribution in [0, 0.1) is 19.8 Å². The summed E-state index contributed by atoms with van der Waals surface area (Å²) < 4.78 is 32.1. The SMILES string of the molecule is COC(=O)[C@@H](CC(C)C)NS(=O)(=O)c1cc(C)ccc1C. The molecule has 21 heavy (non-hydrogen) atoms. The molecule has 118 valence electrons. The van der Waals surface area contributed by atoms with Gasteiger partial charge in [0.25, 0.3) is 0 Å². The molecule has 0 saturated heterocycles. The second-order valence-electron chi connectivity index (χ2n) is 5.60. The Labute approximate surface area is 126 Å². The van der Waals surface area contributed by atoms with E-state index in [2.05, 4.69) is 9.46 Å². The van der Waals surface area contributed by atoms with Crippen molar-refractivity contribution in [1.82, 2.24) is 4.72 Å². The Balaban J connectivity index is 3.11. The molecule has 0 saturated carbocycles. The lowest BCUT2D eigenvalue weighted by Gasteiger charge is -2.19. The van der Waals surface area contributed by atoms with Crippen LogP contribution in [-0.2, 0) is 19.6 Å². The molecule has 0 aliphatic heterocycles. The average Bonchev–Trinajstić information content (AvgIpc) is 2.38. The Morgan fingerprint density at radius 3 is 2.43 bits per heavy atom. The first-order valence-electron chi connectivity index (χ1n) is 6.84. The van der Waals surface area contributed by atoms with Gasteiger partial charge in [0.2, 0.25) is 10.0 Å². The summed E-state index contributed by atoms with van der Waals surface area (Å²) in [4.78, 5) is 12.0. The van der Waals surface area contributed by atoms with Crippen LogP contribution in [0.25, 0.3) is 0 Å². The van der Waals surface area contributed by atoms with E-state index >= 15 is 0 Å². The molecule has 6 heteroatoms. The largest absolute Gasteiger partial charge is 0.468 e. The summed E-state index contributed by atoms with van der Waals surface area (Å²) in [5.41, 5.74) is 1.49. The molecule has 0 amide bonds. The van der Waals surface area contributed by atoms with Crippen molar-refractivity contribution in [2.45, 2.75) is 45.1 Å². The minimum Gasteiger partial charge on any atom is -0.468 e. The maximum absolute atomic E-state index is 12.5. The summed E-state index contributed by atoms with van der Waals surface area (Å²) in [6, 6.07) is 4.32. The second kappa shape index (κ2) is 7.04. The Hall–Kier alpha value is -1.40. The number of ether oxygens (including phenoxy) is 1. The molecular weight excluding hydrogens is 290 g/mol. The summed E-state index contributed by atoms with van der Waals surface area (Å²) in [5, 5.41) is 0. The van der Waals surface area contributed by atoms with E-state index in [9.17, 15) is 13.2 Å². The Morgan fingerprint density at radius 2 is 1.90 bits per heavy atom. The smallest absolute Gasteiger partial charge is 0.323 e. The zero-order valence-corrected chi connectivity index (χ0v) is 14.0. The fourth-order valence-electron chi connectivity index (χ4n) is 2.05. The summed E-state index contributed by atoms with van der Waals surface area (Å²) in [6.45, 7) is 7.39. The van der Waals surface area contributed by atoms with Crippen molar-refractivity contribution in [3.05, 3.63) is 29.3 Å². The second-order valence-corrected chi connectivity index (χ2v) is 7.28. The number of methoxy groups -OCH3 is 1. The highest BCUT2D eigenvalue weighted by atomic mass is 32.2. The number of esters is 1. The third kappa shape index (κ3) is 4.82. The number of nitrogens with one attached hydrogen (secondary N) is 1. The van der Waals surface area contributed by atoms with Crippen LogP contribution in [0.2, 0.25) is 0 Å². The molecule has 0 fully saturated rings. The number of hydrogen-bond donors (Lipinski definition) is 1. The van der Waals surface area contributed by atoms with Gasteiger partial charge in [0.05, 0.1) is 12.0 Å². The quantitative estimate of drug-likeness (QED) is 0.817. The number of rotatable bonds is 6. The fourth-order valence-corrected chi connectivity index (χ4v) is 3.58. The van der Waals surface area contributed by atoms with Crippen molar-refractivity contribution < 1.29 is 17.9 Å². The molecule has 1 aromatic carbocycles. The molecule has 1 atom stereocenters. The highest BCUT2D eigenvalue weighted by Gasteiger charge is 2.28. The molecule has 1 N–H and O–H groups in total. The van der Waals surface area contributed by atoms with Gasteiger partial charge in [0, 0.05) is 0 Å². The van der Waals surface area contributed by atoms with E-state index in [0.717, 1.165) is 5.56 Å². The summed E-state index contributed by atoms with van der Waals surface area (Å²) in [7, 11) is -2.51. The zero-order chi connectivity index (χ0) is 16.2. The lowest BCUT2D eigenvalue weighted by Crippen LogP contribution is -2.42. The van der Waals surface area contributed by atoms with Crippen LogP contribution in [0.15, 0.2) is 23.1 Å². The van der Waals surface area contributed by atoms with Crippen molar-refractivity contribution in [3.63, 3.8) is 0 Å². The van der Waals surface area contributed by atoms with Crippen LogP contribution in [0.3, 0.4) is 0 Å². The van der Waals surface area contributed by atoms with Gasteiger partial charge in [-0.2, -0.15) is 4.72 Å². The molecular formula is C15H23NO4S. The predicted octanol–water partition coefficient (Wildman–Crippen LogP) is 2.17. The third-order valence-corrected chi connectivity index (χ3v) is 4.74. The van der Waals surface area contributed by atoms with Gasteiger partial charge in [-0.15, -0.1) is 0 Å². The fraction of sp³-hybridized carbons (Fsp3) is 0.533. The van der Waals surface area contributed by atoms with Gasteiger partial charge in [0.1, 0.15) is 6.04 Å². The highest BCUT2D eigenvalue weighted by Crippen LogP contribution is 2.18. The van der Waals surface area contributed by atoms with Gasteiger partial charge in [-0.3, -0.25) is 4.79 Å². The molecule has 0 unspecified atom stereocenters. The predicted molar refractivity (Wildman–Crippen MR) is 81.5 cm³/mol. The average molecular weight is 313 g/mol. The standard InChI is InChI=1S/C15H23NO4S/c1-10(2)8-13(15(17)20-5)16-21(18,19)14-9-11(3)6-7-12(14)4/h6-7,9-10,13,16H,8H2,1-5H3/t13-/m1/s1.